The SMILES string of the molecule is [B]c1ccc(-c2ccccn2)s1. The first-order valence-electron chi connectivity index (χ1n) is 3.63. The fraction of sp³-hybridized carbons (Fsp3) is 0. The average molecular weight is 171 g/mol. The van der Waals surface area contributed by atoms with E-state index in [0.717, 1.165) is 15.3 Å². The Kier molecular flexibility index (Phi) is 1.96. The van der Waals surface area contributed by atoms with Crippen molar-refractivity contribution in [1.82, 2.24) is 4.98 Å². The Morgan fingerprint density at radius 1 is 1.17 bits per heavy atom. The zero-order valence-electron chi connectivity index (χ0n) is 6.40. The number of hydrogen-bond donors (Lipinski definition) is 0. The largest absolute Gasteiger partial charge is 0.255 e. The first kappa shape index (κ1) is 7.56. The van der Waals surface area contributed by atoms with Crippen LogP contribution in [-0.2, 0) is 0 Å². The molecule has 0 amide bonds. The van der Waals surface area contributed by atoms with Gasteiger partial charge in [-0.15, -0.1) is 0 Å². The minimum absolute atomic E-state index is 0.829. The fourth-order valence-corrected chi connectivity index (χ4v) is 1.75. The molecule has 0 saturated carbocycles. The van der Waals surface area contributed by atoms with Crippen molar-refractivity contribution in [3.8, 4) is 10.6 Å². The van der Waals surface area contributed by atoms with Crippen LogP contribution in [0.3, 0.4) is 0 Å². The molecule has 2 aromatic heterocycles. The van der Waals surface area contributed by atoms with Gasteiger partial charge in [0.15, 0.2) is 0 Å². The minimum Gasteiger partial charge on any atom is -0.255 e. The van der Waals surface area contributed by atoms with Crippen LogP contribution >= 0.6 is 11.3 Å². The second-order valence-electron chi connectivity index (χ2n) is 2.42. The zero-order chi connectivity index (χ0) is 8.39. The lowest BCUT2D eigenvalue weighted by Crippen LogP contribution is -1.88. The molecule has 2 radical (unpaired) electrons. The average Bonchev–Trinajstić information content (AvgIpc) is 2.54. The van der Waals surface area contributed by atoms with E-state index in [1.807, 2.05) is 30.3 Å². The van der Waals surface area contributed by atoms with Crippen LogP contribution in [0.5, 0.6) is 0 Å². The van der Waals surface area contributed by atoms with Gasteiger partial charge in [0.05, 0.1) is 10.6 Å². The molecule has 0 bridgehead atoms. The van der Waals surface area contributed by atoms with Crippen molar-refractivity contribution in [1.29, 1.82) is 0 Å². The van der Waals surface area contributed by atoms with Gasteiger partial charge in [0.25, 0.3) is 0 Å². The van der Waals surface area contributed by atoms with E-state index in [0.29, 0.717) is 0 Å². The maximum absolute atomic E-state index is 5.61. The Hall–Kier alpha value is -1.09. The summed E-state index contributed by atoms with van der Waals surface area (Å²) in [6, 6.07) is 9.74. The van der Waals surface area contributed by atoms with Crippen molar-refractivity contribution in [2.45, 2.75) is 0 Å². The number of nitrogens with zero attached hydrogens (tertiary/aromatic N) is 1. The molecule has 0 unspecified atom stereocenters. The molecule has 0 spiro atoms. The summed E-state index contributed by atoms with van der Waals surface area (Å²) in [4.78, 5) is 5.34. The van der Waals surface area contributed by atoms with Crippen molar-refractivity contribution >= 4 is 24.0 Å². The molecule has 0 saturated heterocycles. The summed E-state index contributed by atoms with van der Waals surface area (Å²) < 4.78 is 0.829. The molecule has 3 heteroatoms. The molecule has 1 nitrogen and oxygen atoms in total. The third-order valence-corrected chi connectivity index (χ3v) is 2.48. The molecule has 0 aromatic carbocycles. The molecule has 2 heterocycles. The normalized spacial score (nSPS) is 10.0. The van der Waals surface area contributed by atoms with Crippen molar-refractivity contribution in [2.75, 3.05) is 0 Å². The van der Waals surface area contributed by atoms with Gasteiger partial charge in [0.1, 0.15) is 7.85 Å². The van der Waals surface area contributed by atoms with E-state index in [9.17, 15) is 0 Å². The van der Waals surface area contributed by atoms with Crippen LogP contribution in [0.4, 0.5) is 0 Å². The van der Waals surface area contributed by atoms with E-state index in [2.05, 4.69) is 4.98 Å². The minimum atomic E-state index is 0.829. The summed E-state index contributed by atoms with van der Waals surface area (Å²) >= 11 is 1.56. The van der Waals surface area contributed by atoms with Gasteiger partial charge in [-0.1, -0.05) is 12.1 Å². The van der Waals surface area contributed by atoms with Crippen molar-refractivity contribution in [2.24, 2.45) is 0 Å². The van der Waals surface area contributed by atoms with Crippen LogP contribution in [0.2, 0.25) is 0 Å². The van der Waals surface area contributed by atoms with Crippen molar-refractivity contribution in [3.63, 3.8) is 0 Å². The van der Waals surface area contributed by atoms with Crippen LogP contribution in [0.15, 0.2) is 36.5 Å². The highest BCUT2D eigenvalue weighted by Gasteiger charge is 1.98. The summed E-state index contributed by atoms with van der Waals surface area (Å²) in [5.74, 6) is 0. The Morgan fingerprint density at radius 3 is 2.67 bits per heavy atom. The van der Waals surface area contributed by atoms with Crippen molar-refractivity contribution in [3.05, 3.63) is 36.5 Å². The Morgan fingerprint density at radius 2 is 2.08 bits per heavy atom. The van der Waals surface area contributed by atoms with E-state index in [-0.39, 0.29) is 0 Å². The topological polar surface area (TPSA) is 12.9 Å². The Bertz CT molecular complexity index is 369. The van der Waals surface area contributed by atoms with E-state index in [4.69, 9.17) is 7.85 Å². The molecule has 2 rings (SSSR count). The van der Waals surface area contributed by atoms with Crippen LogP contribution in [-0.4, -0.2) is 12.8 Å². The quantitative estimate of drug-likeness (QED) is 0.594. The summed E-state index contributed by atoms with van der Waals surface area (Å²) in [6.07, 6.45) is 1.78. The van der Waals surface area contributed by atoms with E-state index >= 15 is 0 Å². The summed E-state index contributed by atoms with van der Waals surface area (Å²) in [7, 11) is 5.61. The number of thiophene rings is 1. The molecule has 0 aliphatic heterocycles. The lowest BCUT2D eigenvalue weighted by Gasteiger charge is -1.92. The maximum atomic E-state index is 5.61. The van der Waals surface area contributed by atoms with Crippen molar-refractivity contribution < 1.29 is 0 Å². The monoisotopic (exact) mass is 171 g/mol. The third kappa shape index (κ3) is 1.41. The third-order valence-electron chi connectivity index (χ3n) is 1.54. The summed E-state index contributed by atoms with van der Waals surface area (Å²) in [5, 5.41) is 0. The smallest absolute Gasteiger partial charge is 0.128 e. The molecule has 2 aromatic rings. The predicted octanol–water partition coefficient (Wildman–Crippen LogP) is 1.60. The van der Waals surface area contributed by atoms with Gasteiger partial charge in [-0.3, -0.25) is 4.98 Å². The maximum Gasteiger partial charge on any atom is 0.128 e. The molecular formula is C9H6BNS. The molecular weight excluding hydrogens is 165 g/mol. The highest BCUT2D eigenvalue weighted by Crippen LogP contribution is 2.19. The first-order chi connectivity index (χ1) is 5.86. The van der Waals surface area contributed by atoms with E-state index < -0.39 is 0 Å². The first-order valence-corrected chi connectivity index (χ1v) is 4.44. The molecule has 0 fully saturated rings. The van der Waals surface area contributed by atoms with Gasteiger partial charge >= 0.3 is 0 Å². The highest BCUT2D eigenvalue weighted by atomic mass is 32.1. The lowest BCUT2D eigenvalue weighted by atomic mass is 10.1. The number of hydrogen-bond acceptors (Lipinski definition) is 2. The van der Waals surface area contributed by atoms with Gasteiger partial charge in [-0.05, 0) is 23.0 Å². The highest BCUT2D eigenvalue weighted by molar-refractivity contribution is 7.23. The Balaban J connectivity index is 2.45. The van der Waals surface area contributed by atoms with Gasteiger partial charge in [0.2, 0.25) is 0 Å². The molecule has 12 heavy (non-hydrogen) atoms. The number of rotatable bonds is 1. The van der Waals surface area contributed by atoms with Crippen LogP contribution in [0, 0.1) is 0 Å². The number of pyridine rings is 1. The lowest BCUT2D eigenvalue weighted by molar-refractivity contribution is 1.34. The molecule has 0 atom stereocenters. The molecule has 0 N–H and O–H groups in total. The Labute approximate surface area is 76.5 Å². The second kappa shape index (κ2) is 3.11. The molecule has 0 aliphatic rings. The van der Waals surface area contributed by atoms with Crippen LogP contribution < -0.4 is 4.78 Å². The van der Waals surface area contributed by atoms with Gasteiger partial charge in [-0.25, -0.2) is 0 Å². The van der Waals surface area contributed by atoms with Gasteiger partial charge in [0, 0.05) is 6.20 Å². The van der Waals surface area contributed by atoms with Crippen LogP contribution in [0.1, 0.15) is 0 Å². The zero-order valence-corrected chi connectivity index (χ0v) is 7.21. The second-order valence-corrected chi connectivity index (χ2v) is 3.53. The standard InChI is InChI=1S/C9H6BNS/c10-9-5-4-8(12-9)7-3-1-2-6-11-7/h1-6H. The summed E-state index contributed by atoms with van der Waals surface area (Å²) in [5.41, 5.74) is 0.985. The molecule has 0 aliphatic carbocycles. The van der Waals surface area contributed by atoms with E-state index in [1.165, 1.54) is 0 Å². The van der Waals surface area contributed by atoms with E-state index in [1.54, 1.807) is 17.5 Å². The number of aromatic nitrogens is 1. The predicted molar refractivity (Wildman–Crippen MR) is 52.9 cm³/mol. The molecule has 56 valence electrons. The van der Waals surface area contributed by atoms with Crippen LogP contribution in [0.25, 0.3) is 10.6 Å². The van der Waals surface area contributed by atoms with Gasteiger partial charge in [-0.2, -0.15) is 11.3 Å². The summed E-state index contributed by atoms with van der Waals surface area (Å²) in [6.45, 7) is 0. The fourth-order valence-electron chi connectivity index (χ4n) is 0.999. The van der Waals surface area contributed by atoms with Gasteiger partial charge < -0.3 is 0 Å².